The van der Waals surface area contributed by atoms with Crippen LogP contribution in [0.25, 0.3) is 0 Å². The van der Waals surface area contributed by atoms with E-state index >= 15 is 0 Å². The van der Waals surface area contributed by atoms with Gasteiger partial charge in [0.15, 0.2) is 0 Å². The third-order valence-corrected chi connectivity index (χ3v) is 2.85. The highest BCUT2D eigenvalue weighted by atomic mass is 79.9. The third-order valence-electron chi connectivity index (χ3n) is 2.45. The summed E-state index contributed by atoms with van der Waals surface area (Å²) in [6.07, 6.45) is 6.28. The Labute approximate surface area is 102 Å². The fourth-order valence-electron chi connectivity index (χ4n) is 1.45. The molecule has 0 heterocycles. The predicted molar refractivity (Wildman–Crippen MR) is 69.4 cm³/mol. The van der Waals surface area contributed by atoms with E-state index in [-0.39, 0.29) is 11.4 Å². The first-order chi connectivity index (χ1) is 7.02. The molecule has 0 bridgehead atoms. The fraction of sp³-hybridized carbons (Fsp3) is 0.917. The lowest BCUT2D eigenvalue weighted by molar-refractivity contribution is -0.122. The number of nitrogens with one attached hydrogen (secondary N) is 1. The second-order valence-electron chi connectivity index (χ2n) is 4.68. The first kappa shape index (κ1) is 14.9. The van der Waals surface area contributed by atoms with E-state index in [2.05, 4.69) is 42.0 Å². The first-order valence-corrected chi connectivity index (χ1v) is 7.01. The molecule has 2 nitrogen and oxygen atoms in total. The lowest BCUT2D eigenvalue weighted by atomic mass is 10.0. The van der Waals surface area contributed by atoms with E-state index in [0.717, 1.165) is 18.2 Å². The SMILES string of the molecule is CCCCCCC(=O)NC(C)(C)CCBr. The summed E-state index contributed by atoms with van der Waals surface area (Å²) < 4.78 is 0. The minimum Gasteiger partial charge on any atom is -0.351 e. The number of rotatable bonds is 8. The Kier molecular flexibility index (Phi) is 8.12. The number of carbonyl (C=O) groups is 1. The van der Waals surface area contributed by atoms with Crippen LogP contribution in [0.5, 0.6) is 0 Å². The third kappa shape index (κ3) is 8.91. The predicted octanol–water partition coefficient (Wildman–Crippen LogP) is 3.64. The van der Waals surface area contributed by atoms with E-state index in [1.807, 2.05) is 0 Å². The van der Waals surface area contributed by atoms with Crippen LogP contribution in [0, 0.1) is 0 Å². The van der Waals surface area contributed by atoms with Gasteiger partial charge in [-0.05, 0) is 26.7 Å². The van der Waals surface area contributed by atoms with Crippen molar-refractivity contribution in [2.24, 2.45) is 0 Å². The Morgan fingerprint density at radius 3 is 2.47 bits per heavy atom. The summed E-state index contributed by atoms with van der Waals surface area (Å²) in [6, 6.07) is 0. The molecule has 0 aliphatic carbocycles. The molecule has 0 fully saturated rings. The van der Waals surface area contributed by atoms with Gasteiger partial charge < -0.3 is 5.32 Å². The molecule has 0 rings (SSSR count). The van der Waals surface area contributed by atoms with Crippen molar-refractivity contribution in [1.82, 2.24) is 5.32 Å². The van der Waals surface area contributed by atoms with Crippen molar-refractivity contribution in [2.45, 2.75) is 64.8 Å². The molecule has 0 aliphatic heterocycles. The zero-order chi connectivity index (χ0) is 11.7. The molecule has 0 aromatic heterocycles. The summed E-state index contributed by atoms with van der Waals surface area (Å²) >= 11 is 3.40. The van der Waals surface area contributed by atoms with Crippen molar-refractivity contribution in [3.8, 4) is 0 Å². The summed E-state index contributed by atoms with van der Waals surface area (Å²) in [5.41, 5.74) is -0.0780. The molecule has 0 saturated carbocycles. The maximum atomic E-state index is 11.6. The summed E-state index contributed by atoms with van der Waals surface area (Å²) in [7, 11) is 0. The summed E-state index contributed by atoms with van der Waals surface area (Å²) in [4.78, 5) is 11.6. The van der Waals surface area contributed by atoms with Crippen molar-refractivity contribution in [2.75, 3.05) is 5.33 Å². The maximum absolute atomic E-state index is 11.6. The van der Waals surface area contributed by atoms with Crippen LogP contribution in [0.1, 0.15) is 59.3 Å². The van der Waals surface area contributed by atoms with Gasteiger partial charge >= 0.3 is 0 Å². The molecule has 3 heteroatoms. The van der Waals surface area contributed by atoms with Gasteiger partial charge in [-0.15, -0.1) is 0 Å². The van der Waals surface area contributed by atoms with Gasteiger partial charge in [-0.2, -0.15) is 0 Å². The quantitative estimate of drug-likeness (QED) is 0.533. The largest absolute Gasteiger partial charge is 0.351 e. The summed E-state index contributed by atoms with van der Waals surface area (Å²) in [5.74, 6) is 0.192. The fourth-order valence-corrected chi connectivity index (χ4v) is 2.44. The van der Waals surface area contributed by atoms with Crippen LogP contribution >= 0.6 is 15.9 Å². The lowest BCUT2D eigenvalue weighted by Gasteiger charge is -2.25. The molecule has 0 atom stereocenters. The number of alkyl halides is 1. The minimum absolute atomic E-state index is 0.0780. The van der Waals surface area contributed by atoms with Gasteiger partial charge in [-0.25, -0.2) is 0 Å². The van der Waals surface area contributed by atoms with E-state index in [4.69, 9.17) is 0 Å². The van der Waals surface area contributed by atoms with Crippen molar-refractivity contribution >= 4 is 21.8 Å². The molecular formula is C12H24BrNO. The number of carbonyl (C=O) groups excluding carboxylic acids is 1. The van der Waals surface area contributed by atoms with Crippen LogP contribution in [0.15, 0.2) is 0 Å². The zero-order valence-electron chi connectivity index (χ0n) is 10.2. The van der Waals surface area contributed by atoms with Crippen LogP contribution < -0.4 is 5.32 Å². The second-order valence-corrected chi connectivity index (χ2v) is 5.47. The molecule has 90 valence electrons. The zero-order valence-corrected chi connectivity index (χ0v) is 11.8. The van der Waals surface area contributed by atoms with E-state index in [1.165, 1.54) is 19.3 Å². The second kappa shape index (κ2) is 8.14. The Balaban J connectivity index is 3.63. The van der Waals surface area contributed by atoms with Crippen molar-refractivity contribution < 1.29 is 4.79 Å². The Morgan fingerprint density at radius 2 is 1.93 bits per heavy atom. The number of hydrogen-bond acceptors (Lipinski definition) is 1. The molecule has 15 heavy (non-hydrogen) atoms. The van der Waals surface area contributed by atoms with Gasteiger partial charge in [0.05, 0.1) is 0 Å². The molecule has 0 aromatic rings. The van der Waals surface area contributed by atoms with Gasteiger partial charge in [0, 0.05) is 17.3 Å². The summed E-state index contributed by atoms with van der Waals surface area (Å²) in [5, 5.41) is 3.99. The topological polar surface area (TPSA) is 29.1 Å². The standard InChI is InChI=1S/C12H24BrNO/c1-4-5-6-7-8-11(15)14-12(2,3)9-10-13/h4-10H2,1-3H3,(H,14,15). The molecule has 1 N–H and O–H groups in total. The first-order valence-electron chi connectivity index (χ1n) is 5.89. The number of hydrogen-bond donors (Lipinski definition) is 1. The van der Waals surface area contributed by atoms with Crippen LogP contribution in [-0.4, -0.2) is 16.8 Å². The van der Waals surface area contributed by atoms with E-state index in [9.17, 15) is 4.79 Å². The average Bonchev–Trinajstić information content (AvgIpc) is 2.11. The van der Waals surface area contributed by atoms with Crippen LogP contribution in [-0.2, 0) is 4.79 Å². The van der Waals surface area contributed by atoms with Gasteiger partial charge in [0.25, 0.3) is 0 Å². The van der Waals surface area contributed by atoms with Crippen molar-refractivity contribution in [3.63, 3.8) is 0 Å². The van der Waals surface area contributed by atoms with Gasteiger partial charge in [-0.1, -0.05) is 42.1 Å². The Morgan fingerprint density at radius 1 is 1.27 bits per heavy atom. The summed E-state index contributed by atoms with van der Waals surface area (Å²) in [6.45, 7) is 6.32. The molecule has 0 aromatic carbocycles. The Bertz CT molecular complexity index is 180. The molecule has 0 saturated heterocycles. The van der Waals surface area contributed by atoms with Crippen LogP contribution in [0.4, 0.5) is 0 Å². The normalized spacial score (nSPS) is 11.5. The number of amides is 1. The van der Waals surface area contributed by atoms with Gasteiger partial charge in [0.1, 0.15) is 0 Å². The highest BCUT2D eigenvalue weighted by molar-refractivity contribution is 9.09. The lowest BCUT2D eigenvalue weighted by Crippen LogP contribution is -2.43. The molecular weight excluding hydrogens is 254 g/mol. The van der Waals surface area contributed by atoms with E-state index in [0.29, 0.717) is 6.42 Å². The van der Waals surface area contributed by atoms with Gasteiger partial charge in [0.2, 0.25) is 5.91 Å². The molecule has 0 aliphatic rings. The Hall–Kier alpha value is -0.0500. The van der Waals surface area contributed by atoms with Crippen molar-refractivity contribution in [3.05, 3.63) is 0 Å². The molecule has 0 unspecified atom stereocenters. The van der Waals surface area contributed by atoms with Crippen molar-refractivity contribution in [1.29, 1.82) is 0 Å². The smallest absolute Gasteiger partial charge is 0.220 e. The van der Waals surface area contributed by atoms with Crippen LogP contribution in [0.2, 0.25) is 0 Å². The monoisotopic (exact) mass is 277 g/mol. The molecule has 0 spiro atoms. The van der Waals surface area contributed by atoms with E-state index < -0.39 is 0 Å². The average molecular weight is 278 g/mol. The van der Waals surface area contributed by atoms with Gasteiger partial charge in [-0.3, -0.25) is 4.79 Å². The maximum Gasteiger partial charge on any atom is 0.220 e. The number of unbranched alkanes of at least 4 members (excludes halogenated alkanes) is 3. The van der Waals surface area contributed by atoms with E-state index in [1.54, 1.807) is 0 Å². The number of halogens is 1. The minimum atomic E-state index is -0.0780. The molecule has 1 amide bonds. The highest BCUT2D eigenvalue weighted by Gasteiger charge is 2.18. The van der Waals surface area contributed by atoms with Crippen LogP contribution in [0.3, 0.4) is 0 Å². The molecule has 0 radical (unpaired) electrons. The highest BCUT2D eigenvalue weighted by Crippen LogP contribution is 2.11.